The maximum absolute atomic E-state index is 14.1. The zero-order chi connectivity index (χ0) is 17.2. The number of allylic oxidation sites excluding steroid dienone is 2. The Morgan fingerprint density at radius 3 is 2.78 bits per heavy atom. The Bertz CT molecular complexity index is 651. The number of benzene rings is 1. The first-order valence-corrected chi connectivity index (χ1v) is 8.53. The molecule has 1 aromatic rings. The van der Waals surface area contributed by atoms with Crippen molar-refractivity contribution in [3.05, 3.63) is 39.1 Å². The van der Waals surface area contributed by atoms with Gasteiger partial charge in [-0.1, -0.05) is 49.0 Å². The molecular formula is C18H21Cl2FO2. The van der Waals surface area contributed by atoms with E-state index in [1.165, 1.54) is 13.2 Å². The summed E-state index contributed by atoms with van der Waals surface area (Å²) in [4.78, 5) is 13.0. The molecule has 0 saturated carbocycles. The van der Waals surface area contributed by atoms with Crippen molar-refractivity contribution < 1.29 is 13.9 Å². The first-order chi connectivity index (χ1) is 10.9. The van der Waals surface area contributed by atoms with Gasteiger partial charge in [-0.05, 0) is 37.8 Å². The summed E-state index contributed by atoms with van der Waals surface area (Å²) in [6.07, 6.45) is 5.54. The van der Waals surface area contributed by atoms with Crippen LogP contribution in [0.1, 0.15) is 55.5 Å². The molecular weight excluding hydrogens is 338 g/mol. The van der Waals surface area contributed by atoms with E-state index in [4.69, 9.17) is 27.9 Å². The minimum atomic E-state index is -0.597. The zero-order valence-corrected chi connectivity index (χ0v) is 15.2. The Balaban J connectivity index is 2.50. The molecule has 2 rings (SSSR count). The largest absolute Gasteiger partial charge is 0.492 e. The first kappa shape index (κ1) is 18.3. The molecule has 0 fully saturated rings. The van der Waals surface area contributed by atoms with Crippen LogP contribution < -0.4 is 4.74 Å². The lowest BCUT2D eigenvalue weighted by Gasteiger charge is -2.26. The number of rotatable bonds is 6. The van der Waals surface area contributed by atoms with Crippen LogP contribution in [0.25, 0.3) is 0 Å². The molecule has 5 heteroatoms. The number of carbonyl (C=O) groups excluding carboxylic acids is 1. The van der Waals surface area contributed by atoms with Gasteiger partial charge in [-0.2, -0.15) is 0 Å². The lowest BCUT2D eigenvalue weighted by atomic mass is 9.76. The fourth-order valence-corrected chi connectivity index (χ4v) is 3.64. The molecule has 0 aromatic heterocycles. The van der Waals surface area contributed by atoms with Crippen LogP contribution in [-0.2, 0) is 6.42 Å². The normalized spacial score (nSPS) is 20.8. The summed E-state index contributed by atoms with van der Waals surface area (Å²) in [7, 11) is 1.37. The number of fused-ring (bicyclic) bond motifs is 1. The molecule has 0 bridgehead atoms. The average Bonchev–Trinajstić information content (AvgIpc) is 2.78. The molecule has 23 heavy (non-hydrogen) atoms. The van der Waals surface area contributed by atoms with Gasteiger partial charge < -0.3 is 4.74 Å². The van der Waals surface area contributed by atoms with E-state index in [2.05, 4.69) is 6.92 Å². The number of hydrogen-bond donors (Lipinski definition) is 0. The summed E-state index contributed by atoms with van der Waals surface area (Å²) in [6, 6.07) is 1.26. The highest BCUT2D eigenvalue weighted by Crippen LogP contribution is 2.48. The highest BCUT2D eigenvalue weighted by molar-refractivity contribution is 6.34. The van der Waals surface area contributed by atoms with Gasteiger partial charge >= 0.3 is 0 Å². The predicted molar refractivity (Wildman–Crippen MR) is 92.2 cm³/mol. The Morgan fingerprint density at radius 2 is 2.22 bits per heavy atom. The highest BCUT2D eigenvalue weighted by atomic mass is 35.5. The summed E-state index contributed by atoms with van der Waals surface area (Å²) < 4.78 is 19.1. The monoisotopic (exact) mass is 358 g/mol. The molecule has 0 unspecified atom stereocenters. The van der Waals surface area contributed by atoms with E-state index in [0.717, 1.165) is 19.3 Å². The molecule has 1 aromatic carbocycles. The van der Waals surface area contributed by atoms with Gasteiger partial charge in [0.05, 0.1) is 12.1 Å². The van der Waals surface area contributed by atoms with Crippen LogP contribution >= 0.6 is 23.2 Å². The number of ketones is 1. The fourth-order valence-electron chi connectivity index (χ4n) is 3.23. The summed E-state index contributed by atoms with van der Waals surface area (Å²) in [5, 5.41) is 0.861. The molecule has 1 aliphatic carbocycles. The molecule has 1 atom stereocenters. The Morgan fingerprint density at radius 1 is 1.52 bits per heavy atom. The van der Waals surface area contributed by atoms with Gasteiger partial charge in [0.15, 0.2) is 17.3 Å². The third-order valence-corrected chi connectivity index (χ3v) is 5.06. The van der Waals surface area contributed by atoms with E-state index in [1.54, 1.807) is 6.92 Å². The van der Waals surface area contributed by atoms with E-state index in [0.29, 0.717) is 29.0 Å². The predicted octanol–water partition coefficient (Wildman–Crippen LogP) is 5.94. The second-order valence-electron chi connectivity index (χ2n) is 6.12. The number of hydrogen-bond acceptors (Lipinski definition) is 2. The fraction of sp³-hybridized carbons (Fsp3) is 0.500. The molecule has 126 valence electrons. The molecule has 2 nitrogen and oxygen atoms in total. The first-order valence-electron chi connectivity index (χ1n) is 7.78. The van der Waals surface area contributed by atoms with Crippen molar-refractivity contribution in [2.45, 2.75) is 46.0 Å². The number of unbranched alkanes of at least 4 members (excludes halogenated alkanes) is 1. The Hall–Kier alpha value is -1.06. The standard InChI is InChI=1S/C18H21Cl2FO2/c1-4-5-7-18(8-6-11(2)19)10-13-12(17(18)22)9-14(21)16(23-3)15(13)20/h6,9H,4-5,7-8,10H2,1-3H3/b11-6-/t18-/m0/s1. The van der Waals surface area contributed by atoms with Gasteiger partial charge in [0.2, 0.25) is 0 Å². The van der Waals surface area contributed by atoms with E-state index >= 15 is 0 Å². The molecule has 0 radical (unpaired) electrons. The topological polar surface area (TPSA) is 26.3 Å². The maximum Gasteiger partial charge on any atom is 0.173 e. The van der Waals surface area contributed by atoms with Gasteiger partial charge in [0, 0.05) is 16.0 Å². The summed E-state index contributed by atoms with van der Waals surface area (Å²) >= 11 is 12.2. The minimum absolute atomic E-state index is 0.00794. The van der Waals surface area contributed by atoms with Crippen molar-refractivity contribution in [3.63, 3.8) is 0 Å². The highest BCUT2D eigenvalue weighted by Gasteiger charge is 2.46. The molecule has 0 saturated heterocycles. The molecule has 0 aliphatic heterocycles. The van der Waals surface area contributed by atoms with Crippen molar-refractivity contribution in [2.75, 3.05) is 7.11 Å². The van der Waals surface area contributed by atoms with E-state index in [-0.39, 0.29) is 16.6 Å². The number of halogens is 3. The lowest BCUT2D eigenvalue weighted by Crippen LogP contribution is -2.27. The van der Waals surface area contributed by atoms with Gasteiger partial charge in [0.25, 0.3) is 0 Å². The minimum Gasteiger partial charge on any atom is -0.492 e. The van der Waals surface area contributed by atoms with Crippen LogP contribution in [-0.4, -0.2) is 12.9 Å². The van der Waals surface area contributed by atoms with Crippen molar-refractivity contribution in [3.8, 4) is 5.75 Å². The summed E-state index contributed by atoms with van der Waals surface area (Å²) in [5.74, 6) is -0.632. The molecule has 0 heterocycles. The SMILES string of the molecule is CCCC[C@]1(C/C=C(/C)Cl)Cc2c(cc(F)c(OC)c2Cl)C1=O. The number of Topliss-reactive ketones (excluding diaryl/α,β-unsaturated/α-hetero) is 1. The van der Waals surface area contributed by atoms with E-state index in [1.807, 2.05) is 6.08 Å². The van der Waals surface area contributed by atoms with Crippen molar-refractivity contribution in [1.29, 1.82) is 0 Å². The van der Waals surface area contributed by atoms with Crippen LogP contribution in [0.3, 0.4) is 0 Å². The second-order valence-corrected chi connectivity index (χ2v) is 7.09. The zero-order valence-electron chi connectivity index (χ0n) is 13.6. The Labute approximate surface area is 146 Å². The van der Waals surface area contributed by atoms with Crippen LogP contribution in [0, 0.1) is 11.2 Å². The quantitative estimate of drug-likeness (QED) is 0.629. The number of carbonyl (C=O) groups is 1. The van der Waals surface area contributed by atoms with Gasteiger partial charge in [0.1, 0.15) is 0 Å². The van der Waals surface area contributed by atoms with Crippen molar-refractivity contribution in [1.82, 2.24) is 0 Å². The van der Waals surface area contributed by atoms with Gasteiger partial charge in [-0.3, -0.25) is 4.79 Å². The van der Waals surface area contributed by atoms with E-state index < -0.39 is 11.2 Å². The van der Waals surface area contributed by atoms with Crippen molar-refractivity contribution >= 4 is 29.0 Å². The van der Waals surface area contributed by atoms with Gasteiger partial charge in [-0.25, -0.2) is 4.39 Å². The van der Waals surface area contributed by atoms with Gasteiger partial charge in [-0.15, -0.1) is 0 Å². The number of methoxy groups -OCH3 is 1. The molecule has 1 aliphatic rings. The van der Waals surface area contributed by atoms with Crippen LogP contribution in [0.15, 0.2) is 17.2 Å². The molecule has 0 amide bonds. The van der Waals surface area contributed by atoms with Crippen LogP contribution in [0.4, 0.5) is 4.39 Å². The van der Waals surface area contributed by atoms with Crippen molar-refractivity contribution in [2.24, 2.45) is 5.41 Å². The average molecular weight is 359 g/mol. The third-order valence-electron chi connectivity index (χ3n) is 4.51. The maximum atomic E-state index is 14.1. The molecule has 0 spiro atoms. The van der Waals surface area contributed by atoms with Crippen LogP contribution in [0.5, 0.6) is 5.75 Å². The number of ether oxygens (including phenoxy) is 1. The summed E-state index contributed by atoms with van der Waals surface area (Å²) in [6.45, 7) is 3.87. The third kappa shape index (κ3) is 3.41. The Kier molecular flexibility index (Phi) is 5.74. The second kappa shape index (κ2) is 7.23. The van der Waals surface area contributed by atoms with E-state index in [9.17, 15) is 9.18 Å². The lowest BCUT2D eigenvalue weighted by molar-refractivity contribution is 0.0803. The molecule has 0 N–H and O–H groups in total. The smallest absolute Gasteiger partial charge is 0.173 e. The van der Waals surface area contributed by atoms with Crippen LogP contribution in [0.2, 0.25) is 5.02 Å². The summed E-state index contributed by atoms with van der Waals surface area (Å²) in [5.41, 5.74) is 0.480.